The van der Waals surface area contributed by atoms with E-state index >= 15 is 0 Å². The van der Waals surface area contributed by atoms with Crippen molar-refractivity contribution in [1.29, 1.82) is 0 Å². The van der Waals surface area contributed by atoms with E-state index in [4.69, 9.17) is 4.43 Å². The van der Waals surface area contributed by atoms with Crippen molar-refractivity contribution in [3.8, 4) is 0 Å². The first-order valence-corrected chi connectivity index (χ1v) is 9.99. The molecule has 1 rings (SSSR count). The highest BCUT2D eigenvalue weighted by molar-refractivity contribution is 6.69. The summed E-state index contributed by atoms with van der Waals surface area (Å²) in [6.45, 7) is 11.3. The molecule has 1 aromatic rings. The van der Waals surface area contributed by atoms with Gasteiger partial charge in [0.2, 0.25) is 0 Å². The lowest BCUT2D eigenvalue weighted by Crippen LogP contribution is -2.31. The van der Waals surface area contributed by atoms with Crippen LogP contribution in [0.5, 0.6) is 0 Å². The minimum atomic E-state index is -1.38. The van der Waals surface area contributed by atoms with E-state index in [1.54, 1.807) is 0 Å². The molecule has 1 nitrogen and oxygen atoms in total. The van der Waals surface area contributed by atoms with Crippen molar-refractivity contribution >= 4 is 8.32 Å². The minimum absolute atomic E-state index is 0.389. The van der Waals surface area contributed by atoms with Crippen LogP contribution in [0.25, 0.3) is 0 Å². The SMILES string of the molecule is C[C@@H](Cc1ccccc1)C[C@@H](C)O[Si](C)(C)C. The largest absolute Gasteiger partial charge is 0.415 e. The molecule has 0 N–H and O–H groups in total. The fourth-order valence-electron chi connectivity index (χ4n) is 2.32. The monoisotopic (exact) mass is 250 g/mol. The Morgan fingerprint density at radius 3 is 2.18 bits per heavy atom. The molecule has 0 aromatic heterocycles. The molecular formula is C15H26OSi. The second-order valence-corrected chi connectivity index (χ2v) is 10.5. The van der Waals surface area contributed by atoms with Crippen molar-refractivity contribution in [2.45, 2.75) is 52.4 Å². The lowest BCUT2D eigenvalue weighted by Gasteiger charge is -2.25. The molecule has 0 aliphatic rings. The first kappa shape index (κ1) is 14.5. The molecule has 1 aromatic carbocycles. The van der Waals surface area contributed by atoms with Crippen molar-refractivity contribution in [1.82, 2.24) is 0 Å². The highest BCUT2D eigenvalue weighted by Crippen LogP contribution is 2.17. The standard InChI is InChI=1S/C15H26OSi/c1-13(11-14(2)16-17(3,4)5)12-15-9-7-6-8-10-15/h6-10,13-14H,11-12H2,1-5H3/t13-,14-/m1/s1. The van der Waals surface area contributed by atoms with Gasteiger partial charge in [0.1, 0.15) is 0 Å². The summed E-state index contributed by atoms with van der Waals surface area (Å²) in [4.78, 5) is 0. The van der Waals surface area contributed by atoms with Gasteiger partial charge in [0, 0.05) is 6.10 Å². The summed E-state index contributed by atoms with van der Waals surface area (Å²) in [7, 11) is -1.38. The zero-order valence-electron chi connectivity index (χ0n) is 11.9. The van der Waals surface area contributed by atoms with E-state index in [1.165, 1.54) is 5.56 Å². The predicted molar refractivity (Wildman–Crippen MR) is 77.8 cm³/mol. The van der Waals surface area contributed by atoms with Crippen LogP contribution < -0.4 is 0 Å². The molecule has 0 fully saturated rings. The van der Waals surface area contributed by atoms with E-state index in [1.807, 2.05) is 0 Å². The van der Waals surface area contributed by atoms with E-state index in [0.29, 0.717) is 12.0 Å². The molecule has 0 radical (unpaired) electrons. The number of benzene rings is 1. The van der Waals surface area contributed by atoms with Crippen LogP contribution in [0.15, 0.2) is 30.3 Å². The molecule has 0 amide bonds. The third-order valence-electron chi connectivity index (χ3n) is 2.72. The topological polar surface area (TPSA) is 9.23 Å². The molecule has 0 aliphatic heterocycles. The van der Waals surface area contributed by atoms with E-state index in [-0.39, 0.29) is 0 Å². The van der Waals surface area contributed by atoms with Crippen molar-refractivity contribution in [2.24, 2.45) is 5.92 Å². The average Bonchev–Trinajstić information content (AvgIpc) is 2.15. The van der Waals surface area contributed by atoms with Gasteiger partial charge in [-0.1, -0.05) is 37.3 Å². The molecule has 0 heterocycles. The van der Waals surface area contributed by atoms with Gasteiger partial charge in [0.15, 0.2) is 8.32 Å². The van der Waals surface area contributed by atoms with Crippen LogP contribution in [0.1, 0.15) is 25.8 Å². The van der Waals surface area contributed by atoms with E-state index in [2.05, 4.69) is 63.8 Å². The van der Waals surface area contributed by atoms with Crippen LogP contribution in [0.2, 0.25) is 19.6 Å². The molecule has 0 aliphatic carbocycles. The number of rotatable bonds is 6. The third-order valence-corrected chi connectivity index (χ3v) is 3.83. The Kier molecular flexibility index (Phi) is 5.41. The Morgan fingerprint density at radius 2 is 1.65 bits per heavy atom. The first-order chi connectivity index (χ1) is 7.87. The van der Waals surface area contributed by atoms with Crippen molar-refractivity contribution in [3.05, 3.63) is 35.9 Å². The predicted octanol–water partition coefficient (Wildman–Crippen LogP) is 4.50. The van der Waals surface area contributed by atoms with Crippen molar-refractivity contribution in [2.75, 3.05) is 0 Å². The molecule has 0 unspecified atom stereocenters. The van der Waals surface area contributed by atoms with Gasteiger partial charge in [-0.05, 0) is 50.9 Å². The summed E-state index contributed by atoms with van der Waals surface area (Å²) >= 11 is 0. The van der Waals surface area contributed by atoms with Gasteiger partial charge >= 0.3 is 0 Å². The van der Waals surface area contributed by atoms with Crippen LogP contribution in [0, 0.1) is 5.92 Å². The molecule has 17 heavy (non-hydrogen) atoms. The summed E-state index contributed by atoms with van der Waals surface area (Å²) in [6.07, 6.45) is 2.69. The zero-order valence-corrected chi connectivity index (χ0v) is 12.9. The zero-order chi connectivity index (χ0) is 12.9. The van der Waals surface area contributed by atoms with Crippen molar-refractivity contribution in [3.63, 3.8) is 0 Å². The van der Waals surface area contributed by atoms with Gasteiger partial charge in [-0.15, -0.1) is 0 Å². The average molecular weight is 250 g/mol. The number of hydrogen-bond acceptors (Lipinski definition) is 1. The van der Waals surface area contributed by atoms with Crippen LogP contribution >= 0.6 is 0 Å². The Hall–Kier alpha value is -0.603. The maximum absolute atomic E-state index is 6.08. The molecule has 2 heteroatoms. The highest BCUT2D eigenvalue weighted by atomic mass is 28.4. The second kappa shape index (κ2) is 6.36. The molecule has 96 valence electrons. The Bertz CT molecular complexity index is 315. The summed E-state index contributed by atoms with van der Waals surface area (Å²) in [6, 6.07) is 10.7. The summed E-state index contributed by atoms with van der Waals surface area (Å²) in [5.41, 5.74) is 1.43. The molecular weight excluding hydrogens is 224 g/mol. The van der Waals surface area contributed by atoms with Gasteiger partial charge in [-0.25, -0.2) is 0 Å². The van der Waals surface area contributed by atoms with Gasteiger partial charge in [0.25, 0.3) is 0 Å². The smallest absolute Gasteiger partial charge is 0.184 e. The van der Waals surface area contributed by atoms with Gasteiger partial charge < -0.3 is 4.43 Å². The number of hydrogen-bond donors (Lipinski definition) is 0. The van der Waals surface area contributed by atoms with E-state index < -0.39 is 8.32 Å². The maximum atomic E-state index is 6.08. The van der Waals surface area contributed by atoms with Gasteiger partial charge in [-0.3, -0.25) is 0 Å². The summed E-state index contributed by atoms with van der Waals surface area (Å²) < 4.78 is 6.08. The molecule has 0 spiro atoms. The Labute approximate surface area is 107 Å². The Morgan fingerprint density at radius 1 is 1.06 bits per heavy atom. The summed E-state index contributed by atoms with van der Waals surface area (Å²) in [5.74, 6) is 0.684. The van der Waals surface area contributed by atoms with Crippen LogP contribution in [-0.2, 0) is 10.8 Å². The first-order valence-electron chi connectivity index (χ1n) is 6.58. The lowest BCUT2D eigenvalue weighted by molar-refractivity contribution is 0.182. The summed E-state index contributed by atoms with van der Waals surface area (Å²) in [5, 5.41) is 0. The normalized spacial score (nSPS) is 15.6. The molecule has 0 saturated heterocycles. The van der Waals surface area contributed by atoms with Gasteiger partial charge in [0.05, 0.1) is 0 Å². The lowest BCUT2D eigenvalue weighted by atomic mass is 9.96. The minimum Gasteiger partial charge on any atom is -0.415 e. The van der Waals surface area contributed by atoms with E-state index in [0.717, 1.165) is 12.8 Å². The fraction of sp³-hybridized carbons (Fsp3) is 0.600. The molecule has 2 atom stereocenters. The fourth-order valence-corrected chi connectivity index (χ4v) is 3.62. The molecule has 0 saturated carbocycles. The van der Waals surface area contributed by atoms with Crippen LogP contribution in [-0.4, -0.2) is 14.4 Å². The van der Waals surface area contributed by atoms with Crippen LogP contribution in [0.3, 0.4) is 0 Å². The second-order valence-electron chi connectivity index (χ2n) is 6.07. The van der Waals surface area contributed by atoms with Crippen LogP contribution in [0.4, 0.5) is 0 Å². The van der Waals surface area contributed by atoms with Gasteiger partial charge in [-0.2, -0.15) is 0 Å². The third kappa shape index (κ3) is 6.64. The quantitative estimate of drug-likeness (QED) is 0.676. The van der Waals surface area contributed by atoms with Crippen molar-refractivity contribution < 1.29 is 4.43 Å². The molecule has 0 bridgehead atoms. The van der Waals surface area contributed by atoms with E-state index in [9.17, 15) is 0 Å². The highest BCUT2D eigenvalue weighted by Gasteiger charge is 2.19. The Balaban J connectivity index is 2.37. The maximum Gasteiger partial charge on any atom is 0.184 e.